The fourth-order valence-corrected chi connectivity index (χ4v) is 5.22. The lowest BCUT2D eigenvalue weighted by atomic mass is 9.98. The van der Waals surface area contributed by atoms with Gasteiger partial charge in [-0.2, -0.15) is 0 Å². The summed E-state index contributed by atoms with van der Waals surface area (Å²) >= 11 is 0. The van der Waals surface area contributed by atoms with Crippen molar-refractivity contribution in [2.24, 2.45) is 12.2 Å². The number of benzene rings is 1. The molecule has 4 aromatic rings. The van der Waals surface area contributed by atoms with Crippen LogP contribution in [-0.4, -0.2) is 67.5 Å². The Bertz CT molecular complexity index is 1480. The maximum absolute atomic E-state index is 12.9. The number of anilines is 1. The molecular weight excluding hydrogens is 456 g/mol. The van der Waals surface area contributed by atoms with E-state index in [0.29, 0.717) is 11.7 Å². The normalized spacial score (nSPS) is 20.0. The van der Waals surface area contributed by atoms with E-state index in [0.717, 1.165) is 41.9 Å². The first kappa shape index (κ1) is 23.9. The molecule has 1 unspecified atom stereocenters. The van der Waals surface area contributed by atoms with E-state index in [-0.39, 0.29) is 17.6 Å². The topological polar surface area (TPSA) is 93.2 Å². The molecule has 1 fully saturated rings. The molecule has 1 saturated heterocycles. The predicted octanol–water partition coefficient (Wildman–Crippen LogP) is 3.01. The largest absolute Gasteiger partial charge is 0.399 e. The molecule has 10 nitrogen and oxygen atoms in total. The van der Waals surface area contributed by atoms with Crippen LogP contribution >= 0.6 is 0 Å². The minimum atomic E-state index is -0.0848. The number of imidazole rings is 1. The third-order valence-corrected chi connectivity index (χ3v) is 7.27. The third kappa shape index (κ3) is 4.21. The number of piperazine rings is 1. The van der Waals surface area contributed by atoms with Gasteiger partial charge >= 0.3 is 0 Å². The van der Waals surface area contributed by atoms with E-state index in [1.807, 2.05) is 6.07 Å². The standard InChI is InChI=1S/C26H32N8O2/c1-6-21-16-32(24-12-25(35)31(4)34-15-20(13-29-36-5)30-26(24)34)17(2)14-33(21)18(3)19-7-8-22-23(11-19)28-10-9-27-22/h7-13,15,17-18,21H,6,14,16H2,1-5H3/t17-,18?,21+/m0/s1. The smallest absolute Gasteiger partial charge is 0.267 e. The fraction of sp³-hybridized carbons (Fsp3) is 0.423. The van der Waals surface area contributed by atoms with Gasteiger partial charge in [0.15, 0.2) is 5.65 Å². The fourth-order valence-electron chi connectivity index (χ4n) is 5.22. The first-order valence-corrected chi connectivity index (χ1v) is 12.3. The van der Waals surface area contributed by atoms with Crippen LogP contribution in [0.3, 0.4) is 0 Å². The second kappa shape index (κ2) is 9.69. The van der Waals surface area contributed by atoms with Crippen molar-refractivity contribution in [3.05, 3.63) is 64.5 Å². The minimum absolute atomic E-state index is 0.0848. The molecule has 1 aromatic carbocycles. The van der Waals surface area contributed by atoms with Crippen molar-refractivity contribution < 1.29 is 4.84 Å². The predicted molar refractivity (Wildman–Crippen MR) is 141 cm³/mol. The number of rotatable bonds is 6. The molecule has 36 heavy (non-hydrogen) atoms. The highest BCUT2D eigenvalue weighted by Gasteiger charge is 2.35. The van der Waals surface area contributed by atoms with E-state index >= 15 is 0 Å². The Balaban J connectivity index is 1.48. The lowest BCUT2D eigenvalue weighted by Crippen LogP contribution is -2.58. The van der Waals surface area contributed by atoms with Gasteiger partial charge in [0.25, 0.3) is 5.56 Å². The van der Waals surface area contributed by atoms with Crippen molar-refractivity contribution in [3.8, 4) is 0 Å². The van der Waals surface area contributed by atoms with Gasteiger partial charge in [-0.25, -0.2) is 14.2 Å². The van der Waals surface area contributed by atoms with Gasteiger partial charge < -0.3 is 9.74 Å². The van der Waals surface area contributed by atoms with E-state index in [4.69, 9.17) is 9.82 Å². The molecule has 188 valence electrons. The van der Waals surface area contributed by atoms with Gasteiger partial charge in [-0.05, 0) is 38.0 Å². The highest BCUT2D eigenvalue weighted by Crippen LogP contribution is 2.32. The van der Waals surface area contributed by atoms with E-state index in [2.05, 4.69) is 57.8 Å². The van der Waals surface area contributed by atoms with Crippen molar-refractivity contribution in [2.75, 3.05) is 25.1 Å². The summed E-state index contributed by atoms with van der Waals surface area (Å²) in [5, 5.41) is 3.83. The number of nitrogens with zero attached hydrogens (tertiary/aromatic N) is 8. The molecule has 1 aliphatic heterocycles. The molecule has 10 heteroatoms. The number of hydrogen-bond acceptors (Lipinski definition) is 8. The Kier molecular flexibility index (Phi) is 6.44. The molecule has 0 amide bonds. The second-order valence-corrected chi connectivity index (χ2v) is 9.38. The summed E-state index contributed by atoms with van der Waals surface area (Å²) in [6.07, 6.45) is 7.79. The van der Waals surface area contributed by atoms with Crippen LogP contribution in [0, 0.1) is 0 Å². The molecule has 0 radical (unpaired) electrons. The first-order valence-electron chi connectivity index (χ1n) is 12.3. The maximum atomic E-state index is 12.9. The van der Waals surface area contributed by atoms with Gasteiger partial charge in [0.1, 0.15) is 12.8 Å². The molecule has 0 bridgehead atoms. The highest BCUT2D eigenvalue weighted by atomic mass is 16.6. The van der Waals surface area contributed by atoms with Gasteiger partial charge in [0, 0.05) is 56.7 Å². The Labute approximate surface area is 209 Å². The van der Waals surface area contributed by atoms with E-state index < -0.39 is 0 Å². The lowest BCUT2D eigenvalue weighted by molar-refractivity contribution is 0.106. The molecule has 3 aromatic heterocycles. The molecule has 4 heterocycles. The zero-order valence-electron chi connectivity index (χ0n) is 21.4. The summed E-state index contributed by atoms with van der Waals surface area (Å²) in [6, 6.07) is 8.76. The monoisotopic (exact) mass is 488 g/mol. The van der Waals surface area contributed by atoms with Crippen molar-refractivity contribution in [1.82, 2.24) is 29.0 Å². The molecule has 0 saturated carbocycles. The summed E-state index contributed by atoms with van der Waals surface area (Å²) in [5.74, 6) is 0. The quantitative estimate of drug-likeness (QED) is 0.304. The van der Waals surface area contributed by atoms with Crippen LogP contribution in [0.15, 0.2) is 52.8 Å². The molecule has 0 aliphatic carbocycles. The van der Waals surface area contributed by atoms with Crippen molar-refractivity contribution in [1.29, 1.82) is 0 Å². The Hall–Kier alpha value is -3.79. The second-order valence-electron chi connectivity index (χ2n) is 9.38. The van der Waals surface area contributed by atoms with Crippen molar-refractivity contribution in [2.45, 2.75) is 45.3 Å². The van der Waals surface area contributed by atoms with Crippen LogP contribution < -0.4 is 10.5 Å². The van der Waals surface area contributed by atoms with E-state index in [1.54, 1.807) is 47.1 Å². The summed E-state index contributed by atoms with van der Waals surface area (Å²) < 4.78 is 3.34. The van der Waals surface area contributed by atoms with E-state index in [9.17, 15) is 4.79 Å². The molecule has 3 atom stereocenters. The summed E-state index contributed by atoms with van der Waals surface area (Å²) in [4.78, 5) is 36.2. The SMILES string of the molecule is CC[C@@H]1CN(c2cc(=O)n(C)n3cc(C=NOC)nc23)[C@@H](C)CN1C(C)c1ccc2nccnc2c1. The first-order chi connectivity index (χ1) is 17.4. The molecule has 0 N–H and O–H groups in total. The van der Waals surface area contributed by atoms with Crippen molar-refractivity contribution >= 4 is 28.6 Å². The van der Waals surface area contributed by atoms with Crippen LogP contribution in [-0.2, 0) is 11.9 Å². The van der Waals surface area contributed by atoms with Gasteiger partial charge in [0.05, 0.1) is 29.1 Å². The zero-order chi connectivity index (χ0) is 25.4. The number of fused-ring (bicyclic) bond motifs is 2. The zero-order valence-corrected chi connectivity index (χ0v) is 21.4. The van der Waals surface area contributed by atoms with Crippen LogP contribution in [0.1, 0.15) is 44.5 Å². The van der Waals surface area contributed by atoms with E-state index in [1.165, 1.54) is 12.7 Å². The lowest BCUT2D eigenvalue weighted by Gasteiger charge is -2.48. The highest BCUT2D eigenvalue weighted by molar-refractivity contribution is 5.80. The molecule has 1 aliphatic rings. The number of hydrogen-bond donors (Lipinski definition) is 0. The van der Waals surface area contributed by atoms with Gasteiger partial charge in [-0.15, -0.1) is 0 Å². The van der Waals surface area contributed by atoms with Gasteiger partial charge in [-0.1, -0.05) is 18.1 Å². The maximum Gasteiger partial charge on any atom is 0.267 e. The summed E-state index contributed by atoms with van der Waals surface area (Å²) in [5.41, 5.74) is 5.16. The van der Waals surface area contributed by atoms with Crippen LogP contribution in [0.25, 0.3) is 16.7 Å². The van der Waals surface area contributed by atoms with Crippen LogP contribution in [0.4, 0.5) is 5.69 Å². The number of oxime groups is 1. The minimum Gasteiger partial charge on any atom is -0.399 e. The third-order valence-electron chi connectivity index (χ3n) is 7.27. The summed E-state index contributed by atoms with van der Waals surface area (Å²) in [6.45, 7) is 8.35. The van der Waals surface area contributed by atoms with Gasteiger partial charge in [0.2, 0.25) is 0 Å². The Morgan fingerprint density at radius 2 is 1.97 bits per heavy atom. The Morgan fingerprint density at radius 1 is 1.19 bits per heavy atom. The van der Waals surface area contributed by atoms with Crippen LogP contribution in [0.2, 0.25) is 0 Å². The van der Waals surface area contributed by atoms with Crippen LogP contribution in [0.5, 0.6) is 0 Å². The molecule has 0 spiro atoms. The number of aryl methyl sites for hydroxylation is 1. The average molecular weight is 489 g/mol. The molecular formula is C26H32N8O2. The average Bonchev–Trinajstić information content (AvgIpc) is 3.33. The van der Waals surface area contributed by atoms with Crippen molar-refractivity contribution in [3.63, 3.8) is 0 Å². The molecule has 5 rings (SSSR count). The Morgan fingerprint density at radius 3 is 2.72 bits per heavy atom. The number of aromatic nitrogens is 5. The van der Waals surface area contributed by atoms with Gasteiger partial charge in [-0.3, -0.25) is 19.7 Å². The summed E-state index contributed by atoms with van der Waals surface area (Å²) in [7, 11) is 3.23.